The molecule has 4 heteroatoms. The minimum Gasteiger partial charge on any atom is -0.466 e. The van der Waals surface area contributed by atoms with Crippen molar-refractivity contribution in [3.63, 3.8) is 0 Å². The fraction of sp³-hybridized carbons (Fsp3) is 0.357. The quantitative estimate of drug-likeness (QED) is 0.866. The van der Waals surface area contributed by atoms with Gasteiger partial charge in [-0.1, -0.05) is 0 Å². The van der Waals surface area contributed by atoms with E-state index in [-0.39, 0.29) is 5.92 Å². The summed E-state index contributed by atoms with van der Waals surface area (Å²) in [6.45, 7) is 4.09. The van der Waals surface area contributed by atoms with E-state index >= 15 is 0 Å². The number of rotatable bonds is 4. The van der Waals surface area contributed by atoms with Gasteiger partial charge in [0, 0.05) is 30.4 Å². The summed E-state index contributed by atoms with van der Waals surface area (Å²) >= 11 is 0. The second kappa shape index (κ2) is 5.33. The van der Waals surface area contributed by atoms with Gasteiger partial charge in [0.2, 0.25) is 0 Å². The summed E-state index contributed by atoms with van der Waals surface area (Å²) in [5, 5.41) is 10.5. The number of hydrogen-bond donors (Lipinski definition) is 2. The summed E-state index contributed by atoms with van der Waals surface area (Å²) < 4.78 is 5.45. The van der Waals surface area contributed by atoms with E-state index < -0.39 is 6.10 Å². The molecule has 3 N–H and O–H groups in total. The van der Waals surface area contributed by atoms with E-state index in [0.29, 0.717) is 6.54 Å². The molecule has 2 aromatic heterocycles. The molecular formula is C14H18N2O2. The molecule has 0 aliphatic carbocycles. The van der Waals surface area contributed by atoms with Gasteiger partial charge < -0.3 is 15.3 Å². The minimum atomic E-state index is -0.658. The first-order chi connectivity index (χ1) is 8.63. The van der Waals surface area contributed by atoms with Crippen LogP contribution in [0.5, 0.6) is 0 Å². The third kappa shape index (κ3) is 2.44. The molecule has 0 radical (unpaired) electrons. The normalized spacial score (nSPS) is 14.4. The number of hydrogen-bond acceptors (Lipinski definition) is 4. The number of nitrogens with two attached hydrogens (primary N) is 1. The molecule has 0 aliphatic rings. The molecule has 0 bridgehead atoms. The summed E-state index contributed by atoms with van der Waals surface area (Å²) in [7, 11) is 0. The average molecular weight is 246 g/mol. The van der Waals surface area contributed by atoms with Gasteiger partial charge in [0.15, 0.2) is 0 Å². The van der Waals surface area contributed by atoms with Crippen LogP contribution in [0.4, 0.5) is 0 Å². The van der Waals surface area contributed by atoms with Crippen LogP contribution in [0.15, 0.2) is 35.0 Å². The van der Waals surface area contributed by atoms with E-state index in [9.17, 15) is 5.11 Å². The first kappa shape index (κ1) is 12.8. The molecule has 0 saturated heterocycles. The summed E-state index contributed by atoms with van der Waals surface area (Å²) in [6, 6.07) is 5.62. The smallest absolute Gasteiger partial charge is 0.106 e. The molecular weight excluding hydrogens is 228 g/mol. The maximum atomic E-state index is 10.5. The zero-order valence-corrected chi connectivity index (χ0v) is 10.6. The van der Waals surface area contributed by atoms with Crippen molar-refractivity contribution in [3.8, 4) is 0 Å². The average Bonchev–Trinajstić information content (AvgIpc) is 2.70. The van der Waals surface area contributed by atoms with Gasteiger partial charge in [-0.05, 0) is 37.6 Å². The number of aryl methyl sites for hydroxylation is 2. The van der Waals surface area contributed by atoms with Crippen LogP contribution >= 0.6 is 0 Å². The van der Waals surface area contributed by atoms with Crippen molar-refractivity contribution in [2.75, 3.05) is 6.54 Å². The lowest BCUT2D eigenvalue weighted by Crippen LogP contribution is -2.20. The highest BCUT2D eigenvalue weighted by atomic mass is 16.3. The molecule has 4 nitrogen and oxygen atoms in total. The Labute approximate surface area is 106 Å². The van der Waals surface area contributed by atoms with Crippen molar-refractivity contribution in [1.82, 2.24) is 4.98 Å². The number of aliphatic hydroxyl groups excluding tert-OH is 1. The van der Waals surface area contributed by atoms with E-state index in [0.717, 1.165) is 22.6 Å². The van der Waals surface area contributed by atoms with Gasteiger partial charge in [-0.2, -0.15) is 0 Å². The Morgan fingerprint density at radius 2 is 2.00 bits per heavy atom. The van der Waals surface area contributed by atoms with Crippen LogP contribution in [0.1, 0.15) is 34.7 Å². The van der Waals surface area contributed by atoms with Gasteiger partial charge in [-0.15, -0.1) is 0 Å². The van der Waals surface area contributed by atoms with Gasteiger partial charge in [0.25, 0.3) is 0 Å². The fourth-order valence-corrected chi connectivity index (χ4v) is 2.22. The lowest BCUT2D eigenvalue weighted by atomic mass is 9.90. The molecule has 0 aliphatic heterocycles. The van der Waals surface area contributed by atoms with Crippen LogP contribution in [0.2, 0.25) is 0 Å². The topological polar surface area (TPSA) is 72.3 Å². The second-order valence-electron chi connectivity index (χ2n) is 4.44. The van der Waals surface area contributed by atoms with Crippen molar-refractivity contribution >= 4 is 0 Å². The maximum absolute atomic E-state index is 10.5. The van der Waals surface area contributed by atoms with E-state index in [1.165, 1.54) is 0 Å². The SMILES string of the molecule is Cc1cc(C(O)C(CN)c2ccncc2)c(C)o1. The van der Waals surface area contributed by atoms with Gasteiger partial charge in [0.05, 0.1) is 6.10 Å². The van der Waals surface area contributed by atoms with Crippen LogP contribution in [0.3, 0.4) is 0 Å². The number of nitrogens with zero attached hydrogens (tertiary/aromatic N) is 1. The highest BCUT2D eigenvalue weighted by molar-refractivity contribution is 5.28. The van der Waals surface area contributed by atoms with Crippen molar-refractivity contribution in [2.24, 2.45) is 5.73 Å². The first-order valence-electron chi connectivity index (χ1n) is 5.98. The lowest BCUT2D eigenvalue weighted by molar-refractivity contribution is 0.145. The molecule has 0 amide bonds. The monoisotopic (exact) mass is 246 g/mol. The number of pyridine rings is 1. The van der Waals surface area contributed by atoms with Crippen LogP contribution in [0.25, 0.3) is 0 Å². The van der Waals surface area contributed by atoms with Crippen molar-refractivity contribution < 1.29 is 9.52 Å². The molecule has 96 valence electrons. The third-order valence-corrected chi connectivity index (χ3v) is 3.17. The van der Waals surface area contributed by atoms with Crippen LogP contribution in [-0.4, -0.2) is 16.6 Å². The Hall–Kier alpha value is -1.65. The lowest BCUT2D eigenvalue weighted by Gasteiger charge is -2.21. The molecule has 2 atom stereocenters. The zero-order valence-electron chi connectivity index (χ0n) is 10.6. The minimum absolute atomic E-state index is 0.149. The zero-order chi connectivity index (χ0) is 13.1. The van der Waals surface area contributed by atoms with Gasteiger partial charge >= 0.3 is 0 Å². The highest BCUT2D eigenvalue weighted by Gasteiger charge is 2.24. The number of aromatic nitrogens is 1. The van der Waals surface area contributed by atoms with Crippen molar-refractivity contribution in [3.05, 3.63) is 53.2 Å². The molecule has 0 fully saturated rings. The molecule has 2 unspecified atom stereocenters. The van der Waals surface area contributed by atoms with Gasteiger partial charge in [0.1, 0.15) is 11.5 Å². The standard InChI is InChI=1S/C14H18N2O2/c1-9-7-12(10(2)18-9)14(17)13(8-15)11-3-5-16-6-4-11/h3-7,13-14,17H,8,15H2,1-2H3. The predicted octanol–water partition coefficient (Wildman–Crippen LogP) is 2.07. The molecule has 0 saturated carbocycles. The Morgan fingerprint density at radius 1 is 1.33 bits per heavy atom. The molecule has 2 heterocycles. The van der Waals surface area contributed by atoms with E-state index in [2.05, 4.69) is 4.98 Å². The predicted molar refractivity (Wildman–Crippen MR) is 69.2 cm³/mol. The van der Waals surface area contributed by atoms with Crippen LogP contribution < -0.4 is 5.73 Å². The molecule has 0 spiro atoms. The first-order valence-corrected chi connectivity index (χ1v) is 5.98. The van der Waals surface area contributed by atoms with Crippen molar-refractivity contribution in [1.29, 1.82) is 0 Å². The third-order valence-electron chi connectivity index (χ3n) is 3.17. The summed E-state index contributed by atoms with van der Waals surface area (Å²) in [5.74, 6) is 1.39. The molecule has 2 aromatic rings. The Balaban J connectivity index is 2.31. The summed E-state index contributed by atoms with van der Waals surface area (Å²) in [6.07, 6.45) is 2.76. The summed E-state index contributed by atoms with van der Waals surface area (Å²) in [4.78, 5) is 3.97. The van der Waals surface area contributed by atoms with Gasteiger partial charge in [-0.3, -0.25) is 4.98 Å². The Kier molecular flexibility index (Phi) is 3.79. The number of aliphatic hydroxyl groups is 1. The highest BCUT2D eigenvalue weighted by Crippen LogP contribution is 2.32. The molecule has 2 rings (SSSR count). The Morgan fingerprint density at radius 3 is 2.50 bits per heavy atom. The maximum Gasteiger partial charge on any atom is 0.106 e. The molecule has 0 aromatic carbocycles. The van der Waals surface area contributed by atoms with Gasteiger partial charge in [-0.25, -0.2) is 0 Å². The van der Waals surface area contributed by atoms with Crippen molar-refractivity contribution in [2.45, 2.75) is 25.9 Å². The van der Waals surface area contributed by atoms with Crippen LogP contribution in [-0.2, 0) is 0 Å². The van der Waals surface area contributed by atoms with E-state index in [1.807, 2.05) is 32.0 Å². The Bertz CT molecular complexity index is 508. The van der Waals surface area contributed by atoms with E-state index in [1.54, 1.807) is 12.4 Å². The summed E-state index contributed by atoms with van der Waals surface area (Å²) in [5.41, 5.74) is 7.58. The molecule has 18 heavy (non-hydrogen) atoms. The van der Waals surface area contributed by atoms with Crippen LogP contribution in [0, 0.1) is 13.8 Å². The largest absolute Gasteiger partial charge is 0.466 e. The fourth-order valence-electron chi connectivity index (χ4n) is 2.22. The second-order valence-corrected chi connectivity index (χ2v) is 4.44. The number of furan rings is 1. The van der Waals surface area contributed by atoms with E-state index in [4.69, 9.17) is 10.2 Å².